The van der Waals surface area contributed by atoms with Crippen molar-refractivity contribution in [1.82, 2.24) is 0 Å². The molecule has 1 atom stereocenters. The van der Waals surface area contributed by atoms with E-state index in [9.17, 15) is 4.79 Å². The van der Waals surface area contributed by atoms with E-state index in [0.717, 1.165) is 16.8 Å². The molecule has 3 N–H and O–H groups in total. The summed E-state index contributed by atoms with van der Waals surface area (Å²) in [6, 6.07) is 15.0. The molecule has 0 aliphatic heterocycles. The minimum atomic E-state index is -0.191. The van der Waals surface area contributed by atoms with E-state index >= 15 is 0 Å². The van der Waals surface area contributed by atoms with Gasteiger partial charge in [0, 0.05) is 17.3 Å². The van der Waals surface area contributed by atoms with E-state index < -0.39 is 0 Å². The monoisotopic (exact) mass is 284 g/mol. The number of carbonyl (C=O) groups is 1. The summed E-state index contributed by atoms with van der Waals surface area (Å²) in [4.78, 5) is 12.0. The first-order chi connectivity index (χ1) is 10.1. The van der Waals surface area contributed by atoms with Crippen molar-refractivity contribution in [3.63, 3.8) is 0 Å². The van der Waals surface area contributed by atoms with E-state index in [1.807, 2.05) is 62.4 Å². The number of aryl methyl sites for hydroxylation is 1. The van der Waals surface area contributed by atoms with Gasteiger partial charge in [0.25, 0.3) is 5.91 Å². The molecule has 21 heavy (non-hydrogen) atoms. The largest absolute Gasteiger partial charge is 0.483 e. The van der Waals surface area contributed by atoms with Gasteiger partial charge in [0.1, 0.15) is 5.75 Å². The van der Waals surface area contributed by atoms with Crippen molar-refractivity contribution < 1.29 is 9.53 Å². The lowest BCUT2D eigenvalue weighted by molar-refractivity contribution is -0.118. The lowest BCUT2D eigenvalue weighted by Crippen LogP contribution is -2.21. The van der Waals surface area contributed by atoms with Crippen molar-refractivity contribution in [3.8, 4) is 5.75 Å². The molecule has 0 aliphatic carbocycles. The Morgan fingerprint density at radius 3 is 2.57 bits per heavy atom. The highest BCUT2D eigenvalue weighted by Gasteiger charge is 2.10. The van der Waals surface area contributed by atoms with Crippen LogP contribution in [-0.4, -0.2) is 12.5 Å². The molecule has 4 nitrogen and oxygen atoms in total. The fraction of sp³-hybridized carbons (Fsp3) is 0.235. The van der Waals surface area contributed by atoms with Crippen LogP contribution >= 0.6 is 0 Å². The smallest absolute Gasteiger partial charge is 0.262 e. The Balaban J connectivity index is 1.97. The number of carbonyl (C=O) groups excluding carboxylic acids is 1. The second-order valence-corrected chi connectivity index (χ2v) is 4.98. The van der Waals surface area contributed by atoms with Crippen LogP contribution < -0.4 is 15.8 Å². The van der Waals surface area contributed by atoms with Crippen LogP contribution in [0.25, 0.3) is 0 Å². The zero-order valence-electron chi connectivity index (χ0n) is 12.3. The van der Waals surface area contributed by atoms with Gasteiger partial charge in [-0.25, -0.2) is 0 Å². The third kappa shape index (κ3) is 4.07. The number of amides is 1. The SMILES string of the molecule is Cc1ccccc1NC(=O)COc1ccccc1C(C)N. The standard InChI is InChI=1S/C17H20N2O2/c1-12-7-3-5-9-15(12)19-17(20)11-21-16-10-6-4-8-14(16)13(2)18/h3-10,13H,11,18H2,1-2H3,(H,19,20). The summed E-state index contributed by atoms with van der Waals surface area (Å²) in [5.41, 5.74) is 8.59. The van der Waals surface area contributed by atoms with Crippen molar-refractivity contribution >= 4 is 11.6 Å². The number of nitrogens with two attached hydrogens (primary N) is 1. The summed E-state index contributed by atoms with van der Waals surface area (Å²) in [6.45, 7) is 3.79. The van der Waals surface area contributed by atoms with Gasteiger partial charge >= 0.3 is 0 Å². The Morgan fingerprint density at radius 2 is 1.86 bits per heavy atom. The lowest BCUT2D eigenvalue weighted by atomic mass is 10.1. The van der Waals surface area contributed by atoms with Gasteiger partial charge in [0.15, 0.2) is 6.61 Å². The van der Waals surface area contributed by atoms with Gasteiger partial charge < -0.3 is 15.8 Å². The average molecular weight is 284 g/mol. The molecule has 1 unspecified atom stereocenters. The van der Waals surface area contributed by atoms with Gasteiger partial charge in [0.05, 0.1) is 0 Å². The maximum Gasteiger partial charge on any atom is 0.262 e. The van der Waals surface area contributed by atoms with Crippen LogP contribution in [0.15, 0.2) is 48.5 Å². The van der Waals surface area contributed by atoms with Crippen molar-refractivity contribution in [2.24, 2.45) is 5.73 Å². The summed E-state index contributed by atoms with van der Waals surface area (Å²) in [5, 5.41) is 2.83. The molecule has 0 bridgehead atoms. The zero-order chi connectivity index (χ0) is 15.2. The molecule has 4 heteroatoms. The molecule has 0 heterocycles. The van der Waals surface area contributed by atoms with Gasteiger partial charge in [-0.2, -0.15) is 0 Å². The first-order valence-electron chi connectivity index (χ1n) is 6.90. The average Bonchev–Trinajstić information content (AvgIpc) is 2.48. The Morgan fingerprint density at radius 1 is 1.19 bits per heavy atom. The van der Waals surface area contributed by atoms with Gasteiger partial charge in [0.2, 0.25) is 0 Å². The van der Waals surface area contributed by atoms with Crippen molar-refractivity contribution in [2.45, 2.75) is 19.9 Å². The van der Waals surface area contributed by atoms with Gasteiger partial charge in [-0.15, -0.1) is 0 Å². The number of hydrogen-bond donors (Lipinski definition) is 2. The molecule has 0 aliphatic rings. The third-order valence-corrected chi connectivity index (χ3v) is 3.19. The van der Waals surface area contributed by atoms with E-state index in [-0.39, 0.29) is 18.6 Å². The molecule has 0 radical (unpaired) electrons. The second kappa shape index (κ2) is 6.90. The Bertz CT molecular complexity index is 624. The molecule has 2 aromatic rings. The molecule has 0 aromatic heterocycles. The molecule has 0 spiro atoms. The highest BCUT2D eigenvalue weighted by Crippen LogP contribution is 2.23. The van der Waals surface area contributed by atoms with E-state index in [1.54, 1.807) is 0 Å². The normalized spacial score (nSPS) is 11.8. The van der Waals surface area contributed by atoms with Crippen molar-refractivity contribution in [3.05, 3.63) is 59.7 Å². The number of rotatable bonds is 5. The van der Waals surface area contributed by atoms with Crippen LogP contribution in [0, 0.1) is 6.92 Å². The molecule has 1 amide bonds. The summed E-state index contributed by atoms with van der Waals surface area (Å²) in [7, 11) is 0. The molecular weight excluding hydrogens is 264 g/mol. The zero-order valence-corrected chi connectivity index (χ0v) is 12.3. The topological polar surface area (TPSA) is 64.3 Å². The molecule has 2 aromatic carbocycles. The minimum absolute atomic E-state index is 0.0436. The van der Waals surface area contributed by atoms with Crippen LogP contribution in [0.2, 0.25) is 0 Å². The van der Waals surface area contributed by atoms with Gasteiger partial charge in [-0.3, -0.25) is 4.79 Å². The first-order valence-corrected chi connectivity index (χ1v) is 6.90. The van der Waals surface area contributed by atoms with Crippen LogP contribution in [-0.2, 0) is 4.79 Å². The van der Waals surface area contributed by atoms with Crippen molar-refractivity contribution in [2.75, 3.05) is 11.9 Å². The number of para-hydroxylation sites is 2. The summed E-state index contributed by atoms with van der Waals surface area (Å²) < 4.78 is 5.58. The fourth-order valence-electron chi connectivity index (χ4n) is 2.03. The predicted molar refractivity (Wildman–Crippen MR) is 84.3 cm³/mol. The van der Waals surface area contributed by atoms with E-state index in [4.69, 9.17) is 10.5 Å². The summed E-state index contributed by atoms with van der Waals surface area (Å²) in [6.07, 6.45) is 0. The molecule has 0 saturated carbocycles. The number of anilines is 1. The highest BCUT2D eigenvalue weighted by atomic mass is 16.5. The molecule has 0 saturated heterocycles. The minimum Gasteiger partial charge on any atom is -0.483 e. The maximum atomic E-state index is 12.0. The summed E-state index contributed by atoms with van der Waals surface area (Å²) >= 11 is 0. The van der Waals surface area contributed by atoms with E-state index in [0.29, 0.717) is 5.75 Å². The number of ether oxygens (including phenoxy) is 1. The van der Waals surface area contributed by atoms with Crippen molar-refractivity contribution in [1.29, 1.82) is 0 Å². The molecule has 0 fully saturated rings. The van der Waals surface area contributed by atoms with Crippen LogP contribution in [0.4, 0.5) is 5.69 Å². The quantitative estimate of drug-likeness (QED) is 0.887. The van der Waals surface area contributed by atoms with Crippen LogP contribution in [0.3, 0.4) is 0 Å². The van der Waals surface area contributed by atoms with E-state index in [1.165, 1.54) is 0 Å². The number of benzene rings is 2. The van der Waals surface area contributed by atoms with Crippen LogP contribution in [0.5, 0.6) is 5.75 Å². The highest BCUT2D eigenvalue weighted by molar-refractivity contribution is 5.92. The molecule has 110 valence electrons. The second-order valence-electron chi connectivity index (χ2n) is 4.98. The van der Waals surface area contributed by atoms with Crippen LogP contribution in [0.1, 0.15) is 24.1 Å². The molecule has 2 rings (SSSR count). The predicted octanol–water partition coefficient (Wildman–Crippen LogP) is 3.03. The Labute approximate surface area is 124 Å². The van der Waals surface area contributed by atoms with Gasteiger partial charge in [-0.1, -0.05) is 36.4 Å². The fourth-order valence-corrected chi connectivity index (χ4v) is 2.03. The first kappa shape index (κ1) is 15.1. The maximum absolute atomic E-state index is 12.0. The van der Waals surface area contributed by atoms with E-state index in [2.05, 4.69) is 5.32 Å². The summed E-state index contributed by atoms with van der Waals surface area (Å²) in [5.74, 6) is 0.455. The lowest BCUT2D eigenvalue weighted by Gasteiger charge is -2.14. The van der Waals surface area contributed by atoms with Gasteiger partial charge in [-0.05, 0) is 31.5 Å². The third-order valence-electron chi connectivity index (χ3n) is 3.19. The number of nitrogens with one attached hydrogen (secondary N) is 1. The Kier molecular flexibility index (Phi) is 4.95. The Hall–Kier alpha value is -2.33. The number of hydrogen-bond acceptors (Lipinski definition) is 3. The molecular formula is C17H20N2O2.